The SMILES string of the molecule is CC1(c2cccc([N+](=O)[O-])c2)NC(=O)N(CCCOc2ccccc2)C1=O. The lowest BCUT2D eigenvalue weighted by Crippen LogP contribution is -2.41. The Labute approximate surface area is 155 Å². The zero-order chi connectivity index (χ0) is 19.4. The van der Waals surface area contributed by atoms with Gasteiger partial charge < -0.3 is 10.1 Å². The van der Waals surface area contributed by atoms with Gasteiger partial charge >= 0.3 is 6.03 Å². The maximum absolute atomic E-state index is 12.8. The van der Waals surface area contributed by atoms with Crippen LogP contribution in [0.25, 0.3) is 0 Å². The lowest BCUT2D eigenvalue weighted by molar-refractivity contribution is -0.385. The number of carbonyl (C=O) groups excluding carboxylic acids is 2. The molecule has 2 aromatic carbocycles. The second-order valence-electron chi connectivity index (χ2n) is 6.33. The lowest BCUT2D eigenvalue weighted by atomic mass is 9.91. The van der Waals surface area contributed by atoms with E-state index in [9.17, 15) is 19.7 Å². The van der Waals surface area contributed by atoms with Crippen LogP contribution in [0.15, 0.2) is 54.6 Å². The van der Waals surface area contributed by atoms with E-state index in [0.29, 0.717) is 18.6 Å². The number of nitro benzene ring substituents is 1. The minimum Gasteiger partial charge on any atom is -0.494 e. The number of benzene rings is 2. The molecule has 140 valence electrons. The van der Waals surface area contributed by atoms with Gasteiger partial charge in [0.1, 0.15) is 11.3 Å². The fourth-order valence-electron chi connectivity index (χ4n) is 2.96. The smallest absolute Gasteiger partial charge is 0.325 e. The summed E-state index contributed by atoms with van der Waals surface area (Å²) >= 11 is 0. The Hall–Kier alpha value is -3.42. The second kappa shape index (κ2) is 7.45. The number of hydrogen-bond donors (Lipinski definition) is 1. The third kappa shape index (κ3) is 3.74. The minimum atomic E-state index is -1.33. The van der Waals surface area contributed by atoms with Crippen molar-refractivity contribution in [1.29, 1.82) is 0 Å². The maximum Gasteiger partial charge on any atom is 0.325 e. The van der Waals surface area contributed by atoms with E-state index >= 15 is 0 Å². The highest BCUT2D eigenvalue weighted by Gasteiger charge is 2.49. The molecule has 0 saturated carbocycles. The van der Waals surface area contributed by atoms with Gasteiger partial charge in [-0.25, -0.2) is 4.79 Å². The van der Waals surface area contributed by atoms with Crippen LogP contribution in [0.4, 0.5) is 10.5 Å². The van der Waals surface area contributed by atoms with Crippen LogP contribution in [0.5, 0.6) is 5.75 Å². The molecule has 0 bridgehead atoms. The van der Waals surface area contributed by atoms with E-state index in [1.54, 1.807) is 13.0 Å². The van der Waals surface area contributed by atoms with Crippen molar-refractivity contribution >= 4 is 17.6 Å². The van der Waals surface area contributed by atoms with E-state index in [1.165, 1.54) is 18.2 Å². The average molecular weight is 369 g/mol. The van der Waals surface area contributed by atoms with Gasteiger partial charge in [-0.3, -0.25) is 19.8 Å². The summed E-state index contributed by atoms with van der Waals surface area (Å²) in [6.07, 6.45) is 0.471. The molecule has 1 saturated heterocycles. The summed E-state index contributed by atoms with van der Waals surface area (Å²) in [5, 5.41) is 13.6. The molecule has 2 aromatic rings. The molecule has 1 aliphatic rings. The van der Waals surface area contributed by atoms with Crippen LogP contribution in [0.2, 0.25) is 0 Å². The molecule has 3 rings (SSSR count). The number of hydrogen-bond acceptors (Lipinski definition) is 5. The van der Waals surface area contributed by atoms with E-state index in [-0.39, 0.29) is 12.2 Å². The standard InChI is InChI=1S/C19H19N3O5/c1-19(14-7-5-8-15(13-14)22(25)26)17(23)21(18(24)20-19)11-6-12-27-16-9-3-2-4-10-16/h2-5,7-10,13H,6,11-12H2,1H3,(H,20,24). The normalized spacial score (nSPS) is 19.1. The first-order valence-electron chi connectivity index (χ1n) is 8.49. The van der Waals surface area contributed by atoms with Crippen LogP contribution < -0.4 is 10.1 Å². The predicted octanol–water partition coefficient (Wildman–Crippen LogP) is 2.83. The van der Waals surface area contributed by atoms with Gasteiger partial charge in [0.25, 0.3) is 11.6 Å². The molecule has 8 nitrogen and oxygen atoms in total. The number of urea groups is 1. The summed E-state index contributed by atoms with van der Waals surface area (Å²) in [5.74, 6) is 0.281. The van der Waals surface area contributed by atoms with Gasteiger partial charge in [0.05, 0.1) is 11.5 Å². The Balaban J connectivity index is 1.65. The van der Waals surface area contributed by atoms with Crippen LogP contribution in [0.3, 0.4) is 0 Å². The molecule has 1 heterocycles. The number of nitrogens with zero attached hydrogens (tertiary/aromatic N) is 2. The van der Waals surface area contributed by atoms with Crippen molar-refractivity contribution in [2.45, 2.75) is 18.9 Å². The summed E-state index contributed by atoms with van der Waals surface area (Å²) in [4.78, 5) is 36.7. The van der Waals surface area contributed by atoms with Crippen molar-refractivity contribution in [2.24, 2.45) is 0 Å². The summed E-state index contributed by atoms with van der Waals surface area (Å²) in [6.45, 7) is 2.10. The van der Waals surface area contributed by atoms with Crippen LogP contribution in [0, 0.1) is 10.1 Å². The third-order valence-corrected chi connectivity index (χ3v) is 4.45. The molecule has 1 atom stereocenters. The molecule has 27 heavy (non-hydrogen) atoms. The van der Waals surface area contributed by atoms with Crippen molar-refractivity contribution in [3.63, 3.8) is 0 Å². The largest absolute Gasteiger partial charge is 0.494 e. The van der Waals surface area contributed by atoms with Gasteiger partial charge in [0, 0.05) is 18.7 Å². The molecule has 3 amide bonds. The molecular formula is C19H19N3O5. The molecule has 1 fully saturated rings. The van der Waals surface area contributed by atoms with Gasteiger partial charge in [-0.05, 0) is 31.0 Å². The molecule has 0 radical (unpaired) electrons. The maximum atomic E-state index is 12.8. The van der Waals surface area contributed by atoms with Crippen LogP contribution in [-0.2, 0) is 10.3 Å². The summed E-state index contributed by atoms with van der Waals surface area (Å²) in [5.41, 5.74) is -1.09. The number of nitrogens with one attached hydrogen (secondary N) is 1. The zero-order valence-corrected chi connectivity index (χ0v) is 14.8. The Kier molecular flexibility index (Phi) is 5.07. The quantitative estimate of drug-likeness (QED) is 0.350. The first-order chi connectivity index (χ1) is 12.9. The Bertz CT molecular complexity index is 871. The molecule has 1 N–H and O–H groups in total. The highest BCUT2D eigenvalue weighted by Crippen LogP contribution is 2.30. The zero-order valence-electron chi connectivity index (χ0n) is 14.8. The number of rotatable bonds is 7. The molecular weight excluding hydrogens is 350 g/mol. The van der Waals surface area contributed by atoms with Gasteiger partial charge in [-0.15, -0.1) is 0 Å². The van der Waals surface area contributed by atoms with Gasteiger partial charge in [0.15, 0.2) is 0 Å². The van der Waals surface area contributed by atoms with Crippen molar-refractivity contribution in [1.82, 2.24) is 10.2 Å². The predicted molar refractivity (Wildman–Crippen MR) is 97.2 cm³/mol. The average Bonchev–Trinajstić information content (AvgIpc) is 2.89. The molecule has 8 heteroatoms. The minimum absolute atomic E-state index is 0.134. The van der Waals surface area contributed by atoms with E-state index in [4.69, 9.17) is 4.74 Å². The fraction of sp³-hybridized carbons (Fsp3) is 0.263. The van der Waals surface area contributed by atoms with Crippen LogP contribution >= 0.6 is 0 Å². The van der Waals surface area contributed by atoms with Gasteiger partial charge in [0.2, 0.25) is 0 Å². The molecule has 0 aliphatic carbocycles. The van der Waals surface area contributed by atoms with E-state index in [2.05, 4.69) is 5.32 Å². The number of nitro groups is 1. The monoisotopic (exact) mass is 369 g/mol. The molecule has 0 spiro atoms. The van der Waals surface area contributed by atoms with Crippen molar-refractivity contribution in [2.75, 3.05) is 13.2 Å². The second-order valence-corrected chi connectivity index (χ2v) is 6.33. The Morgan fingerprint density at radius 3 is 2.59 bits per heavy atom. The first-order valence-corrected chi connectivity index (χ1v) is 8.49. The number of amides is 3. The lowest BCUT2D eigenvalue weighted by Gasteiger charge is -2.22. The number of carbonyl (C=O) groups is 2. The first kappa shape index (κ1) is 18.4. The summed E-state index contributed by atoms with van der Waals surface area (Å²) in [7, 11) is 0. The topological polar surface area (TPSA) is 102 Å². The summed E-state index contributed by atoms with van der Waals surface area (Å²) in [6, 6.07) is 14.5. The van der Waals surface area contributed by atoms with Crippen LogP contribution in [0.1, 0.15) is 18.9 Å². The molecule has 0 aromatic heterocycles. The van der Waals surface area contributed by atoms with E-state index in [1.807, 2.05) is 30.3 Å². The summed E-state index contributed by atoms with van der Waals surface area (Å²) < 4.78 is 5.57. The highest BCUT2D eigenvalue weighted by molar-refractivity contribution is 6.07. The van der Waals surface area contributed by atoms with Crippen LogP contribution in [-0.4, -0.2) is 34.9 Å². The molecule has 1 aliphatic heterocycles. The van der Waals surface area contributed by atoms with Crippen molar-refractivity contribution < 1.29 is 19.2 Å². The fourth-order valence-corrected chi connectivity index (χ4v) is 2.96. The van der Waals surface area contributed by atoms with Gasteiger partial charge in [-0.2, -0.15) is 0 Å². The van der Waals surface area contributed by atoms with Crippen molar-refractivity contribution in [3.05, 3.63) is 70.3 Å². The number of ether oxygens (including phenoxy) is 1. The number of imide groups is 1. The number of para-hydroxylation sites is 1. The Morgan fingerprint density at radius 1 is 1.15 bits per heavy atom. The van der Waals surface area contributed by atoms with Crippen molar-refractivity contribution in [3.8, 4) is 5.75 Å². The van der Waals surface area contributed by atoms with E-state index < -0.39 is 22.4 Å². The Morgan fingerprint density at radius 2 is 1.89 bits per heavy atom. The molecule has 1 unspecified atom stereocenters. The van der Waals surface area contributed by atoms with E-state index in [0.717, 1.165) is 10.6 Å². The highest BCUT2D eigenvalue weighted by atomic mass is 16.6. The van der Waals surface area contributed by atoms with Gasteiger partial charge in [-0.1, -0.05) is 30.3 Å². The third-order valence-electron chi connectivity index (χ3n) is 4.45. The number of non-ortho nitro benzene ring substituents is 1.